The molecule has 158 valence electrons. The fourth-order valence-corrected chi connectivity index (χ4v) is 4.48. The summed E-state index contributed by atoms with van der Waals surface area (Å²) >= 11 is 0. The van der Waals surface area contributed by atoms with E-state index in [4.69, 9.17) is 0 Å². The van der Waals surface area contributed by atoms with Gasteiger partial charge in [0.25, 0.3) is 5.91 Å². The van der Waals surface area contributed by atoms with E-state index < -0.39 is 0 Å². The molecular formula is C25H31N3O2. The molecule has 5 heteroatoms. The third-order valence-corrected chi connectivity index (χ3v) is 6.28. The molecule has 2 N–H and O–H groups in total. The minimum Gasteiger partial charge on any atom is -0.371 e. The van der Waals surface area contributed by atoms with Crippen LogP contribution in [-0.2, 0) is 4.79 Å². The van der Waals surface area contributed by atoms with Gasteiger partial charge >= 0.3 is 0 Å². The second-order valence-electron chi connectivity index (χ2n) is 8.75. The molecule has 2 fully saturated rings. The predicted octanol–water partition coefficient (Wildman–Crippen LogP) is 5.30. The summed E-state index contributed by atoms with van der Waals surface area (Å²) < 4.78 is 0. The van der Waals surface area contributed by atoms with Crippen LogP contribution in [0.3, 0.4) is 0 Å². The smallest absolute Gasteiger partial charge is 0.255 e. The molecule has 1 atom stereocenters. The Labute approximate surface area is 178 Å². The molecular weight excluding hydrogens is 374 g/mol. The molecule has 1 aliphatic heterocycles. The number of nitrogens with one attached hydrogen (secondary N) is 2. The second kappa shape index (κ2) is 9.33. The molecule has 1 saturated heterocycles. The van der Waals surface area contributed by atoms with Crippen molar-refractivity contribution < 1.29 is 9.59 Å². The molecule has 1 aliphatic carbocycles. The summed E-state index contributed by atoms with van der Waals surface area (Å²) in [6, 6.07) is 15.2. The van der Waals surface area contributed by atoms with Crippen molar-refractivity contribution in [2.75, 3.05) is 28.6 Å². The van der Waals surface area contributed by atoms with Crippen molar-refractivity contribution in [3.8, 4) is 0 Å². The minimum absolute atomic E-state index is 0.0686. The number of rotatable bonds is 5. The molecule has 1 heterocycles. The predicted molar refractivity (Wildman–Crippen MR) is 122 cm³/mol. The summed E-state index contributed by atoms with van der Waals surface area (Å²) in [7, 11) is 0. The Morgan fingerprint density at radius 1 is 0.900 bits per heavy atom. The molecule has 0 radical (unpaired) electrons. The number of hydrogen-bond donors (Lipinski definition) is 2. The Balaban J connectivity index is 1.36. The first-order chi connectivity index (χ1) is 14.6. The Morgan fingerprint density at radius 3 is 2.37 bits per heavy atom. The molecule has 2 aromatic carbocycles. The van der Waals surface area contributed by atoms with Gasteiger partial charge < -0.3 is 15.5 Å². The highest BCUT2D eigenvalue weighted by atomic mass is 16.2. The normalized spacial score (nSPS) is 19.5. The zero-order valence-corrected chi connectivity index (χ0v) is 17.7. The van der Waals surface area contributed by atoms with Crippen LogP contribution in [0.5, 0.6) is 0 Å². The quantitative estimate of drug-likeness (QED) is 0.709. The number of benzene rings is 2. The highest BCUT2D eigenvalue weighted by Gasteiger charge is 2.21. The summed E-state index contributed by atoms with van der Waals surface area (Å²) in [6.07, 6.45) is 6.60. The number of nitrogens with zero attached hydrogens (tertiary/aromatic N) is 1. The van der Waals surface area contributed by atoms with Gasteiger partial charge in [-0.1, -0.05) is 32.3 Å². The zero-order chi connectivity index (χ0) is 20.9. The van der Waals surface area contributed by atoms with E-state index in [9.17, 15) is 9.59 Å². The van der Waals surface area contributed by atoms with Crippen molar-refractivity contribution in [2.24, 2.45) is 11.8 Å². The SMILES string of the molecule is CC1CCN(c2ccc(NC(=O)c3cccc(NC(=O)C4CCCCC4)c3)cc2)C1. The van der Waals surface area contributed by atoms with E-state index in [1.807, 2.05) is 24.3 Å². The monoisotopic (exact) mass is 405 g/mol. The standard InChI is InChI=1S/C25H31N3O2/c1-18-14-15-28(17-18)23-12-10-21(11-13-23)26-25(30)20-8-5-9-22(16-20)27-24(29)19-6-3-2-4-7-19/h5,8-13,16,18-19H,2-4,6-7,14-15,17H2,1H3,(H,26,30)(H,27,29). The molecule has 0 aromatic heterocycles. The summed E-state index contributed by atoms with van der Waals surface area (Å²) in [6.45, 7) is 4.46. The number of anilines is 3. The maximum absolute atomic E-state index is 12.7. The van der Waals surface area contributed by atoms with Crippen LogP contribution in [0.2, 0.25) is 0 Å². The van der Waals surface area contributed by atoms with Gasteiger partial charge in [-0.2, -0.15) is 0 Å². The van der Waals surface area contributed by atoms with E-state index in [0.717, 1.165) is 50.4 Å². The molecule has 0 spiro atoms. The van der Waals surface area contributed by atoms with Gasteiger partial charge in [-0.25, -0.2) is 0 Å². The zero-order valence-electron chi connectivity index (χ0n) is 17.7. The highest BCUT2D eigenvalue weighted by molar-refractivity contribution is 6.05. The van der Waals surface area contributed by atoms with E-state index in [2.05, 4.69) is 34.6 Å². The van der Waals surface area contributed by atoms with Crippen LogP contribution in [0.25, 0.3) is 0 Å². The van der Waals surface area contributed by atoms with Crippen molar-refractivity contribution in [3.05, 3.63) is 54.1 Å². The first-order valence-corrected chi connectivity index (χ1v) is 11.2. The Hall–Kier alpha value is -2.82. The summed E-state index contributed by atoms with van der Waals surface area (Å²) in [4.78, 5) is 27.6. The van der Waals surface area contributed by atoms with Crippen LogP contribution in [0.1, 0.15) is 55.8 Å². The largest absolute Gasteiger partial charge is 0.371 e. The lowest BCUT2D eigenvalue weighted by Crippen LogP contribution is -2.24. The molecule has 2 amide bonds. The third-order valence-electron chi connectivity index (χ3n) is 6.28. The Morgan fingerprint density at radius 2 is 1.67 bits per heavy atom. The third kappa shape index (κ3) is 5.02. The molecule has 2 aliphatic rings. The maximum atomic E-state index is 12.7. The number of carbonyl (C=O) groups is 2. The van der Waals surface area contributed by atoms with Crippen LogP contribution in [0, 0.1) is 11.8 Å². The van der Waals surface area contributed by atoms with Gasteiger partial charge in [0.1, 0.15) is 0 Å². The van der Waals surface area contributed by atoms with Crippen molar-refractivity contribution in [1.82, 2.24) is 0 Å². The van der Waals surface area contributed by atoms with Crippen molar-refractivity contribution in [1.29, 1.82) is 0 Å². The van der Waals surface area contributed by atoms with Crippen LogP contribution in [0.4, 0.5) is 17.1 Å². The fourth-order valence-electron chi connectivity index (χ4n) is 4.48. The lowest BCUT2D eigenvalue weighted by atomic mass is 9.88. The van der Waals surface area contributed by atoms with E-state index in [1.54, 1.807) is 12.1 Å². The van der Waals surface area contributed by atoms with E-state index in [1.165, 1.54) is 18.5 Å². The second-order valence-corrected chi connectivity index (χ2v) is 8.75. The van der Waals surface area contributed by atoms with Gasteiger partial charge in [-0.05, 0) is 67.6 Å². The maximum Gasteiger partial charge on any atom is 0.255 e. The van der Waals surface area contributed by atoms with Gasteiger partial charge in [-0.3, -0.25) is 9.59 Å². The average molecular weight is 406 g/mol. The van der Waals surface area contributed by atoms with Gasteiger partial charge in [0.2, 0.25) is 5.91 Å². The molecule has 1 saturated carbocycles. The van der Waals surface area contributed by atoms with Gasteiger partial charge in [-0.15, -0.1) is 0 Å². The van der Waals surface area contributed by atoms with E-state index in [-0.39, 0.29) is 17.7 Å². The molecule has 1 unspecified atom stereocenters. The molecule has 2 aromatic rings. The van der Waals surface area contributed by atoms with Crippen molar-refractivity contribution in [2.45, 2.75) is 45.4 Å². The fraction of sp³-hybridized carbons (Fsp3) is 0.440. The lowest BCUT2D eigenvalue weighted by molar-refractivity contribution is -0.120. The van der Waals surface area contributed by atoms with Crippen molar-refractivity contribution >= 4 is 28.9 Å². The summed E-state index contributed by atoms with van der Waals surface area (Å²) in [5.74, 6) is 0.717. The lowest BCUT2D eigenvalue weighted by Gasteiger charge is -2.20. The van der Waals surface area contributed by atoms with Crippen LogP contribution < -0.4 is 15.5 Å². The molecule has 0 bridgehead atoms. The summed E-state index contributed by atoms with van der Waals surface area (Å²) in [5, 5.41) is 5.95. The topological polar surface area (TPSA) is 61.4 Å². The molecule has 4 rings (SSSR count). The molecule has 30 heavy (non-hydrogen) atoms. The number of amides is 2. The first-order valence-electron chi connectivity index (χ1n) is 11.2. The van der Waals surface area contributed by atoms with E-state index >= 15 is 0 Å². The first kappa shape index (κ1) is 20.5. The Kier molecular flexibility index (Phi) is 6.36. The van der Waals surface area contributed by atoms with Gasteiger partial charge in [0.05, 0.1) is 0 Å². The van der Waals surface area contributed by atoms with Gasteiger partial charge in [0.15, 0.2) is 0 Å². The molecule has 5 nitrogen and oxygen atoms in total. The Bertz CT molecular complexity index is 888. The number of carbonyl (C=O) groups excluding carboxylic acids is 2. The highest BCUT2D eigenvalue weighted by Crippen LogP contribution is 2.26. The summed E-state index contributed by atoms with van der Waals surface area (Å²) in [5.41, 5.74) is 3.18. The minimum atomic E-state index is -0.175. The average Bonchev–Trinajstić information content (AvgIpc) is 3.21. The van der Waals surface area contributed by atoms with E-state index in [0.29, 0.717) is 11.3 Å². The van der Waals surface area contributed by atoms with Crippen LogP contribution >= 0.6 is 0 Å². The number of hydrogen-bond acceptors (Lipinski definition) is 3. The van der Waals surface area contributed by atoms with Crippen LogP contribution in [-0.4, -0.2) is 24.9 Å². The van der Waals surface area contributed by atoms with Crippen molar-refractivity contribution in [3.63, 3.8) is 0 Å². The van der Waals surface area contributed by atoms with Crippen LogP contribution in [0.15, 0.2) is 48.5 Å². The van der Waals surface area contributed by atoms with Gasteiger partial charge in [0, 0.05) is 41.6 Å².